The van der Waals surface area contributed by atoms with Gasteiger partial charge < -0.3 is 10.6 Å². The van der Waals surface area contributed by atoms with E-state index in [-0.39, 0.29) is 11.7 Å². The van der Waals surface area contributed by atoms with Crippen LogP contribution in [0.3, 0.4) is 0 Å². The molecule has 1 heterocycles. The number of rotatable bonds is 10. The Balaban J connectivity index is 1.72. The number of nitrogens with zero attached hydrogens (tertiary/aromatic N) is 4. The molecule has 0 aliphatic heterocycles. The SMILES string of the molecule is C=NN(C)/C=C(\C)c1cnc(NC(=O)[C@@H](NCCc2ccc(C#N)cc2)c2ccccc2)cc1F. The molecule has 1 aromatic heterocycles. The lowest BCUT2D eigenvalue weighted by molar-refractivity contribution is -0.118. The van der Waals surface area contributed by atoms with Crippen molar-refractivity contribution in [1.29, 1.82) is 5.26 Å². The van der Waals surface area contributed by atoms with E-state index in [1.165, 1.54) is 17.3 Å². The van der Waals surface area contributed by atoms with Gasteiger partial charge in [-0.1, -0.05) is 42.5 Å². The van der Waals surface area contributed by atoms with Gasteiger partial charge in [0.25, 0.3) is 0 Å². The predicted octanol–water partition coefficient (Wildman–Crippen LogP) is 4.51. The fourth-order valence-corrected chi connectivity index (χ4v) is 3.49. The van der Waals surface area contributed by atoms with Crippen molar-refractivity contribution in [3.8, 4) is 6.07 Å². The number of nitriles is 1. The first kappa shape index (κ1) is 25.3. The average molecular weight is 471 g/mol. The molecule has 0 saturated heterocycles. The summed E-state index contributed by atoms with van der Waals surface area (Å²) in [6.45, 7) is 5.68. The van der Waals surface area contributed by atoms with Crippen LogP contribution in [0.4, 0.5) is 10.2 Å². The minimum atomic E-state index is -0.659. The quantitative estimate of drug-likeness (QED) is 0.336. The van der Waals surface area contributed by atoms with Crippen molar-refractivity contribution in [1.82, 2.24) is 15.3 Å². The molecule has 1 atom stereocenters. The van der Waals surface area contributed by atoms with Crippen molar-refractivity contribution < 1.29 is 9.18 Å². The van der Waals surface area contributed by atoms with E-state index in [2.05, 4.69) is 33.5 Å². The molecular weight excluding hydrogens is 443 g/mol. The summed E-state index contributed by atoms with van der Waals surface area (Å²) in [4.78, 5) is 17.4. The van der Waals surface area contributed by atoms with Crippen LogP contribution in [0.25, 0.3) is 5.57 Å². The van der Waals surface area contributed by atoms with E-state index < -0.39 is 11.9 Å². The van der Waals surface area contributed by atoms with Crippen molar-refractivity contribution in [2.24, 2.45) is 5.10 Å². The number of aromatic nitrogens is 1. The highest BCUT2D eigenvalue weighted by molar-refractivity contribution is 5.94. The summed E-state index contributed by atoms with van der Waals surface area (Å²) in [6, 6.07) is 19.3. The van der Waals surface area contributed by atoms with Crippen LogP contribution in [0.1, 0.15) is 35.2 Å². The monoisotopic (exact) mass is 470 g/mol. The number of halogens is 1. The summed E-state index contributed by atoms with van der Waals surface area (Å²) in [5, 5.41) is 20.1. The van der Waals surface area contributed by atoms with Crippen LogP contribution in [-0.4, -0.2) is 36.2 Å². The Labute approximate surface area is 204 Å². The Morgan fingerprint density at radius 2 is 1.97 bits per heavy atom. The van der Waals surface area contributed by atoms with E-state index in [0.717, 1.165) is 11.1 Å². The number of anilines is 1. The van der Waals surface area contributed by atoms with E-state index in [9.17, 15) is 9.18 Å². The van der Waals surface area contributed by atoms with Gasteiger partial charge in [-0.15, -0.1) is 0 Å². The van der Waals surface area contributed by atoms with Crippen LogP contribution in [0.2, 0.25) is 0 Å². The molecule has 7 nitrogen and oxygen atoms in total. The summed E-state index contributed by atoms with van der Waals surface area (Å²) < 4.78 is 14.7. The summed E-state index contributed by atoms with van der Waals surface area (Å²) in [5.74, 6) is -0.737. The molecule has 35 heavy (non-hydrogen) atoms. The highest BCUT2D eigenvalue weighted by atomic mass is 19.1. The second kappa shape index (κ2) is 12.2. The minimum Gasteiger partial charge on any atom is -0.309 e. The summed E-state index contributed by atoms with van der Waals surface area (Å²) in [7, 11) is 1.69. The lowest BCUT2D eigenvalue weighted by atomic mass is 10.0. The van der Waals surface area contributed by atoms with Crippen LogP contribution in [-0.2, 0) is 11.2 Å². The van der Waals surface area contributed by atoms with Gasteiger partial charge in [-0.05, 0) is 42.2 Å². The molecule has 0 spiro atoms. The maximum atomic E-state index is 14.7. The van der Waals surface area contributed by atoms with E-state index in [1.54, 1.807) is 32.3 Å². The molecule has 0 aliphatic carbocycles. The number of nitrogens with one attached hydrogen (secondary N) is 2. The molecular formula is C27H27FN6O. The lowest BCUT2D eigenvalue weighted by Crippen LogP contribution is -2.34. The number of carbonyl (C=O) groups is 1. The largest absolute Gasteiger partial charge is 0.309 e. The van der Waals surface area contributed by atoms with Crippen LogP contribution in [0.15, 0.2) is 78.2 Å². The zero-order valence-electron chi connectivity index (χ0n) is 19.7. The number of pyridine rings is 1. The van der Waals surface area contributed by atoms with E-state index in [1.807, 2.05) is 42.5 Å². The van der Waals surface area contributed by atoms with Crippen molar-refractivity contribution in [2.45, 2.75) is 19.4 Å². The number of carbonyl (C=O) groups excluding carboxylic acids is 1. The lowest BCUT2D eigenvalue weighted by Gasteiger charge is -2.19. The third-order valence-electron chi connectivity index (χ3n) is 5.37. The fourth-order valence-electron chi connectivity index (χ4n) is 3.49. The van der Waals surface area contributed by atoms with Crippen molar-refractivity contribution >= 4 is 24.0 Å². The van der Waals surface area contributed by atoms with Gasteiger partial charge in [-0.25, -0.2) is 9.37 Å². The maximum Gasteiger partial charge on any atom is 0.247 e. The molecule has 0 bridgehead atoms. The second-order valence-electron chi connectivity index (χ2n) is 7.92. The van der Waals surface area contributed by atoms with Crippen LogP contribution in [0, 0.1) is 17.1 Å². The summed E-state index contributed by atoms with van der Waals surface area (Å²) >= 11 is 0. The van der Waals surface area contributed by atoms with Gasteiger partial charge in [0.1, 0.15) is 17.7 Å². The van der Waals surface area contributed by atoms with Gasteiger partial charge in [-0.2, -0.15) is 10.4 Å². The molecule has 0 unspecified atom stereocenters. The van der Waals surface area contributed by atoms with E-state index in [0.29, 0.717) is 29.7 Å². The molecule has 2 N–H and O–H groups in total. The number of amides is 1. The Bertz CT molecular complexity index is 1230. The van der Waals surface area contributed by atoms with Gasteiger partial charge in [0.05, 0.1) is 11.6 Å². The van der Waals surface area contributed by atoms with Gasteiger partial charge in [0, 0.05) is 44.3 Å². The van der Waals surface area contributed by atoms with E-state index >= 15 is 0 Å². The molecule has 0 fully saturated rings. The number of allylic oxidation sites excluding steroid dienone is 1. The van der Waals surface area contributed by atoms with Crippen molar-refractivity contribution in [3.63, 3.8) is 0 Å². The highest BCUT2D eigenvalue weighted by Crippen LogP contribution is 2.21. The van der Waals surface area contributed by atoms with Gasteiger partial charge in [0.15, 0.2) is 0 Å². The maximum absolute atomic E-state index is 14.7. The fraction of sp³-hybridized carbons (Fsp3) is 0.185. The van der Waals surface area contributed by atoms with Gasteiger partial charge in [-0.3, -0.25) is 9.80 Å². The number of hydrogen-bond acceptors (Lipinski definition) is 6. The van der Waals surface area contributed by atoms with Crippen LogP contribution >= 0.6 is 0 Å². The third kappa shape index (κ3) is 7.06. The smallest absolute Gasteiger partial charge is 0.247 e. The zero-order chi connectivity index (χ0) is 25.2. The first-order valence-corrected chi connectivity index (χ1v) is 11.0. The average Bonchev–Trinajstić information content (AvgIpc) is 2.87. The van der Waals surface area contributed by atoms with Gasteiger partial charge >= 0.3 is 0 Å². The molecule has 1 amide bonds. The van der Waals surface area contributed by atoms with Crippen molar-refractivity contribution in [2.75, 3.05) is 18.9 Å². The Hall–Kier alpha value is -4.35. The summed E-state index contributed by atoms with van der Waals surface area (Å²) in [5.41, 5.74) is 3.35. The standard InChI is InChI=1S/C27H27FN6O/c1-19(18-34(3)30-2)23-17-32-25(15-24(23)28)33-27(35)26(22-7-5-4-6-8-22)31-14-13-20-9-11-21(16-29)12-10-20/h4-12,15,17-18,26,31H,2,13-14H2,1,3H3,(H,32,33,35)/b19-18+/t26-/m0/s1. The van der Waals surface area contributed by atoms with E-state index in [4.69, 9.17) is 5.26 Å². The number of benzene rings is 2. The highest BCUT2D eigenvalue weighted by Gasteiger charge is 2.21. The molecule has 3 rings (SSSR count). The third-order valence-corrected chi connectivity index (χ3v) is 5.37. The minimum absolute atomic E-state index is 0.120. The van der Waals surface area contributed by atoms with Crippen LogP contribution < -0.4 is 10.6 Å². The Morgan fingerprint density at radius 3 is 2.60 bits per heavy atom. The Kier molecular flexibility index (Phi) is 8.82. The molecule has 0 aliphatic rings. The number of hydrogen-bond donors (Lipinski definition) is 2. The topological polar surface area (TPSA) is 93.4 Å². The molecule has 3 aromatic rings. The first-order chi connectivity index (χ1) is 16.9. The molecule has 2 aromatic carbocycles. The Morgan fingerprint density at radius 1 is 1.26 bits per heavy atom. The summed E-state index contributed by atoms with van der Waals surface area (Å²) in [6.07, 6.45) is 3.68. The second-order valence-corrected chi connectivity index (χ2v) is 7.92. The first-order valence-electron chi connectivity index (χ1n) is 11.0. The molecule has 8 heteroatoms. The zero-order valence-corrected chi connectivity index (χ0v) is 19.7. The van der Waals surface area contributed by atoms with Gasteiger partial charge in [0.2, 0.25) is 5.91 Å². The van der Waals surface area contributed by atoms with Crippen molar-refractivity contribution in [3.05, 3.63) is 101 Å². The van der Waals surface area contributed by atoms with Crippen LogP contribution in [0.5, 0.6) is 0 Å². The molecule has 0 saturated carbocycles. The predicted molar refractivity (Wildman–Crippen MR) is 136 cm³/mol. The normalized spacial score (nSPS) is 11.9. The molecule has 178 valence electrons. The number of hydrazone groups is 1. The molecule has 0 radical (unpaired) electrons.